The van der Waals surface area contributed by atoms with Crippen LogP contribution in [0.15, 0.2) is 12.1 Å². The van der Waals surface area contributed by atoms with Gasteiger partial charge in [-0.25, -0.2) is 0 Å². The molecule has 0 aromatic heterocycles. The molecule has 4 aliphatic carbocycles. The Hall–Kier alpha value is -0.820. The van der Waals surface area contributed by atoms with Crippen LogP contribution in [0.4, 0.5) is 0 Å². The van der Waals surface area contributed by atoms with Crippen LogP contribution in [-0.4, -0.2) is 5.54 Å². The first-order chi connectivity index (χ1) is 9.39. The van der Waals surface area contributed by atoms with Crippen LogP contribution >= 0.6 is 0 Å². The highest BCUT2D eigenvalue weighted by Gasteiger charge is 2.57. The van der Waals surface area contributed by atoms with E-state index < -0.39 is 0 Å². The summed E-state index contributed by atoms with van der Waals surface area (Å²) < 4.78 is 0. The summed E-state index contributed by atoms with van der Waals surface area (Å²) in [6, 6.07) is 4.76. The molecule has 0 heterocycles. The van der Waals surface area contributed by atoms with Crippen LogP contribution in [0.2, 0.25) is 0 Å². The van der Waals surface area contributed by atoms with Gasteiger partial charge in [0, 0.05) is 5.54 Å². The van der Waals surface area contributed by atoms with Gasteiger partial charge >= 0.3 is 0 Å². The lowest BCUT2D eigenvalue weighted by Crippen LogP contribution is -2.61. The predicted molar refractivity (Wildman–Crippen MR) is 83.9 cm³/mol. The van der Waals surface area contributed by atoms with Crippen molar-refractivity contribution in [2.24, 2.45) is 17.6 Å². The SMILES string of the molecule is Cc1cc(C)c(C23CC4CC(CC(N)(C4)C2)C3)c(C)c1. The minimum Gasteiger partial charge on any atom is -0.325 e. The monoisotopic (exact) mass is 269 g/mol. The zero-order chi connectivity index (χ0) is 14.1. The number of rotatable bonds is 1. The Bertz CT molecular complexity index is 534. The molecule has 1 heteroatoms. The zero-order valence-corrected chi connectivity index (χ0v) is 13.1. The van der Waals surface area contributed by atoms with E-state index in [2.05, 4.69) is 32.9 Å². The molecule has 0 saturated heterocycles. The maximum Gasteiger partial charge on any atom is 0.0168 e. The van der Waals surface area contributed by atoms with Crippen molar-refractivity contribution in [3.8, 4) is 0 Å². The smallest absolute Gasteiger partial charge is 0.0168 e. The van der Waals surface area contributed by atoms with Crippen molar-refractivity contribution in [2.45, 2.75) is 70.3 Å². The molecule has 2 atom stereocenters. The van der Waals surface area contributed by atoms with Crippen LogP contribution in [0.5, 0.6) is 0 Å². The molecule has 4 bridgehead atoms. The van der Waals surface area contributed by atoms with Crippen molar-refractivity contribution in [1.82, 2.24) is 0 Å². The summed E-state index contributed by atoms with van der Waals surface area (Å²) in [5.74, 6) is 1.78. The van der Waals surface area contributed by atoms with Crippen LogP contribution < -0.4 is 5.73 Å². The molecule has 0 amide bonds. The summed E-state index contributed by atoms with van der Waals surface area (Å²) in [5.41, 5.74) is 13.4. The maximum atomic E-state index is 6.77. The van der Waals surface area contributed by atoms with E-state index in [9.17, 15) is 0 Å². The van der Waals surface area contributed by atoms with Gasteiger partial charge in [-0.2, -0.15) is 0 Å². The van der Waals surface area contributed by atoms with Gasteiger partial charge < -0.3 is 5.73 Å². The van der Waals surface area contributed by atoms with Gasteiger partial charge in [-0.1, -0.05) is 17.7 Å². The van der Waals surface area contributed by atoms with E-state index in [0.29, 0.717) is 5.41 Å². The number of hydrogen-bond acceptors (Lipinski definition) is 1. The lowest BCUT2D eigenvalue weighted by Gasteiger charge is -2.61. The Balaban J connectivity index is 1.86. The molecule has 0 aliphatic heterocycles. The van der Waals surface area contributed by atoms with Crippen molar-refractivity contribution in [3.05, 3.63) is 34.4 Å². The standard InChI is InChI=1S/C19H27N/c1-12-4-13(2)17(14(3)5-12)18-7-15-6-16(8-18)10-19(20,9-15)11-18/h4-5,15-16H,6-11,20H2,1-3H3. The normalized spacial score (nSPS) is 42.2. The molecule has 1 aromatic carbocycles. The molecular formula is C19H27N. The Labute approximate surface area is 122 Å². The lowest BCUT2D eigenvalue weighted by atomic mass is 9.45. The predicted octanol–water partition coefficient (Wildman–Crippen LogP) is 4.16. The van der Waals surface area contributed by atoms with Crippen LogP contribution in [0.25, 0.3) is 0 Å². The largest absolute Gasteiger partial charge is 0.325 e. The fourth-order valence-corrected chi connectivity index (χ4v) is 6.64. The quantitative estimate of drug-likeness (QED) is 0.814. The first kappa shape index (κ1) is 12.9. The molecule has 4 fully saturated rings. The molecule has 5 rings (SSSR count). The van der Waals surface area contributed by atoms with E-state index >= 15 is 0 Å². The summed E-state index contributed by atoms with van der Waals surface area (Å²) in [4.78, 5) is 0. The Morgan fingerprint density at radius 3 is 2.00 bits per heavy atom. The first-order valence-corrected chi connectivity index (χ1v) is 8.26. The molecule has 4 saturated carbocycles. The highest BCUT2D eigenvalue weighted by Crippen LogP contribution is 2.62. The van der Waals surface area contributed by atoms with Crippen molar-refractivity contribution in [3.63, 3.8) is 0 Å². The number of nitrogens with two attached hydrogens (primary N) is 1. The summed E-state index contributed by atoms with van der Waals surface area (Å²) in [6.45, 7) is 6.85. The van der Waals surface area contributed by atoms with E-state index in [4.69, 9.17) is 5.73 Å². The second-order valence-corrected chi connectivity index (χ2v) is 8.38. The molecule has 1 aromatic rings. The summed E-state index contributed by atoms with van der Waals surface area (Å²) in [7, 11) is 0. The molecule has 1 nitrogen and oxygen atoms in total. The highest BCUT2D eigenvalue weighted by molar-refractivity contribution is 5.45. The van der Waals surface area contributed by atoms with Gasteiger partial charge in [0.05, 0.1) is 0 Å². The van der Waals surface area contributed by atoms with Gasteiger partial charge in [0.2, 0.25) is 0 Å². The Kier molecular flexibility index (Phi) is 2.50. The average molecular weight is 269 g/mol. The topological polar surface area (TPSA) is 26.0 Å². The van der Waals surface area contributed by atoms with Crippen molar-refractivity contribution in [1.29, 1.82) is 0 Å². The van der Waals surface area contributed by atoms with Crippen LogP contribution in [0, 0.1) is 32.6 Å². The number of aryl methyl sites for hydroxylation is 3. The van der Waals surface area contributed by atoms with E-state index in [-0.39, 0.29) is 5.54 Å². The molecule has 20 heavy (non-hydrogen) atoms. The van der Waals surface area contributed by atoms with E-state index in [1.165, 1.54) is 55.2 Å². The Morgan fingerprint density at radius 1 is 0.950 bits per heavy atom. The van der Waals surface area contributed by atoms with E-state index in [1.807, 2.05) is 0 Å². The van der Waals surface area contributed by atoms with Gasteiger partial charge in [-0.05, 0) is 93.2 Å². The van der Waals surface area contributed by atoms with Gasteiger partial charge in [0.15, 0.2) is 0 Å². The molecule has 2 N–H and O–H groups in total. The maximum absolute atomic E-state index is 6.77. The van der Waals surface area contributed by atoms with E-state index in [1.54, 1.807) is 5.56 Å². The zero-order valence-electron chi connectivity index (χ0n) is 13.1. The van der Waals surface area contributed by atoms with Crippen molar-refractivity contribution < 1.29 is 0 Å². The van der Waals surface area contributed by atoms with Gasteiger partial charge in [-0.15, -0.1) is 0 Å². The minimum absolute atomic E-state index is 0.147. The fraction of sp³-hybridized carbons (Fsp3) is 0.684. The average Bonchev–Trinajstić information content (AvgIpc) is 2.22. The molecule has 0 spiro atoms. The van der Waals surface area contributed by atoms with Gasteiger partial charge in [-0.3, -0.25) is 0 Å². The van der Waals surface area contributed by atoms with Gasteiger partial charge in [0.1, 0.15) is 0 Å². The van der Waals surface area contributed by atoms with Crippen molar-refractivity contribution in [2.75, 3.05) is 0 Å². The lowest BCUT2D eigenvalue weighted by molar-refractivity contribution is -0.0232. The Morgan fingerprint density at radius 2 is 1.50 bits per heavy atom. The highest BCUT2D eigenvalue weighted by atomic mass is 14.8. The second-order valence-electron chi connectivity index (χ2n) is 8.38. The van der Waals surface area contributed by atoms with Crippen molar-refractivity contribution >= 4 is 0 Å². The third kappa shape index (κ3) is 1.72. The first-order valence-electron chi connectivity index (χ1n) is 8.26. The third-order valence-corrected chi connectivity index (χ3v) is 6.31. The number of hydrogen-bond donors (Lipinski definition) is 1. The van der Waals surface area contributed by atoms with E-state index in [0.717, 1.165) is 11.8 Å². The molecular weight excluding hydrogens is 242 g/mol. The van der Waals surface area contributed by atoms with Crippen LogP contribution in [0.3, 0.4) is 0 Å². The van der Waals surface area contributed by atoms with Crippen LogP contribution in [-0.2, 0) is 5.41 Å². The molecule has 108 valence electrons. The fourth-order valence-electron chi connectivity index (χ4n) is 6.64. The van der Waals surface area contributed by atoms with Crippen LogP contribution in [0.1, 0.15) is 60.8 Å². The summed E-state index contributed by atoms with van der Waals surface area (Å²) in [6.07, 6.45) is 8.05. The minimum atomic E-state index is 0.147. The number of benzene rings is 1. The summed E-state index contributed by atoms with van der Waals surface area (Å²) >= 11 is 0. The van der Waals surface area contributed by atoms with Gasteiger partial charge in [0.25, 0.3) is 0 Å². The molecule has 2 unspecified atom stereocenters. The second kappa shape index (κ2) is 3.88. The summed E-state index contributed by atoms with van der Waals surface area (Å²) in [5, 5.41) is 0. The molecule has 4 aliphatic rings. The molecule has 0 radical (unpaired) electrons. The third-order valence-electron chi connectivity index (χ3n) is 6.31.